The zero-order valence-electron chi connectivity index (χ0n) is 16.3. The molecule has 4 N–H and O–H groups in total. The lowest BCUT2D eigenvalue weighted by Crippen LogP contribution is -2.21. The minimum absolute atomic E-state index is 0.0714. The van der Waals surface area contributed by atoms with Crippen LogP contribution in [-0.4, -0.2) is 51.6 Å². The minimum Gasteiger partial charge on any atom is -0.508 e. The molecule has 1 saturated heterocycles. The monoisotopic (exact) mass is 413 g/mol. The molecule has 1 aliphatic heterocycles. The standard InChI is InChI=1S/C22H23NO7/c24-14-11-16(26)19-18(12-14)30-22(21(28)20(19)27)13-4-5-15(25)17(10-13)29-9-3-8-23-6-1-2-7-23/h4-5,10-12,24-26,28H,1-3,6-9H2. The highest BCUT2D eigenvalue weighted by Crippen LogP contribution is 2.38. The van der Waals surface area contributed by atoms with Crippen LogP contribution >= 0.6 is 0 Å². The van der Waals surface area contributed by atoms with Crippen molar-refractivity contribution in [1.82, 2.24) is 4.90 Å². The number of likely N-dealkylation sites (tertiary alicyclic amines) is 1. The quantitative estimate of drug-likeness (QED) is 0.455. The summed E-state index contributed by atoms with van der Waals surface area (Å²) in [6, 6.07) is 6.49. The maximum atomic E-state index is 12.5. The van der Waals surface area contributed by atoms with E-state index in [1.807, 2.05) is 0 Å². The normalized spacial score (nSPS) is 14.4. The first-order valence-corrected chi connectivity index (χ1v) is 9.84. The molecule has 2 aromatic carbocycles. The van der Waals surface area contributed by atoms with Gasteiger partial charge in [0.2, 0.25) is 11.2 Å². The van der Waals surface area contributed by atoms with E-state index < -0.39 is 16.9 Å². The molecule has 0 bridgehead atoms. The van der Waals surface area contributed by atoms with E-state index in [-0.39, 0.29) is 34.0 Å². The van der Waals surface area contributed by atoms with Crippen molar-refractivity contribution in [1.29, 1.82) is 0 Å². The molecule has 30 heavy (non-hydrogen) atoms. The van der Waals surface area contributed by atoms with Gasteiger partial charge in [-0.25, -0.2) is 0 Å². The maximum Gasteiger partial charge on any atom is 0.238 e. The largest absolute Gasteiger partial charge is 0.508 e. The fraction of sp³-hybridized carbons (Fsp3) is 0.318. The van der Waals surface area contributed by atoms with Gasteiger partial charge in [-0.2, -0.15) is 0 Å². The summed E-state index contributed by atoms with van der Waals surface area (Å²) in [5, 5.41) is 39.8. The molecular formula is C22H23NO7. The van der Waals surface area contributed by atoms with Crippen LogP contribution in [0.4, 0.5) is 0 Å². The number of phenolic OH excluding ortho intramolecular Hbond substituents is 3. The van der Waals surface area contributed by atoms with Crippen molar-refractivity contribution in [2.45, 2.75) is 19.3 Å². The van der Waals surface area contributed by atoms with Crippen molar-refractivity contribution in [3.63, 3.8) is 0 Å². The SMILES string of the molecule is O=c1c(O)c(-c2ccc(O)c(OCCCN3CCCC3)c2)oc2cc(O)cc(O)c12. The third kappa shape index (κ3) is 3.86. The molecule has 0 saturated carbocycles. The van der Waals surface area contributed by atoms with Gasteiger partial charge < -0.3 is 34.5 Å². The van der Waals surface area contributed by atoms with Crippen LogP contribution < -0.4 is 10.2 Å². The summed E-state index contributed by atoms with van der Waals surface area (Å²) in [6.07, 6.45) is 3.25. The fourth-order valence-corrected chi connectivity index (χ4v) is 3.72. The molecule has 3 aromatic rings. The Hall–Kier alpha value is -3.39. The van der Waals surface area contributed by atoms with Crippen LogP contribution in [0.15, 0.2) is 39.5 Å². The predicted octanol–water partition coefficient (Wildman–Crippen LogP) is 3.15. The Morgan fingerprint density at radius 2 is 1.77 bits per heavy atom. The average molecular weight is 413 g/mol. The number of nitrogens with zero attached hydrogens (tertiary/aromatic N) is 1. The van der Waals surface area contributed by atoms with E-state index in [9.17, 15) is 25.2 Å². The summed E-state index contributed by atoms with van der Waals surface area (Å²) in [7, 11) is 0. The summed E-state index contributed by atoms with van der Waals surface area (Å²) >= 11 is 0. The summed E-state index contributed by atoms with van der Waals surface area (Å²) in [5.41, 5.74) is -0.599. The van der Waals surface area contributed by atoms with Crippen LogP contribution in [0.5, 0.6) is 28.7 Å². The second-order valence-electron chi connectivity index (χ2n) is 7.38. The first-order chi connectivity index (χ1) is 14.4. The molecule has 8 nitrogen and oxygen atoms in total. The number of hydrogen-bond donors (Lipinski definition) is 4. The summed E-state index contributed by atoms with van der Waals surface area (Å²) in [4.78, 5) is 14.9. The molecule has 1 aromatic heterocycles. The lowest BCUT2D eigenvalue weighted by atomic mass is 10.1. The van der Waals surface area contributed by atoms with Gasteiger partial charge in [0.05, 0.1) is 6.61 Å². The highest BCUT2D eigenvalue weighted by atomic mass is 16.5. The molecule has 8 heteroatoms. The van der Waals surface area contributed by atoms with E-state index in [4.69, 9.17) is 9.15 Å². The fourth-order valence-electron chi connectivity index (χ4n) is 3.72. The van der Waals surface area contributed by atoms with Crippen molar-refractivity contribution in [3.8, 4) is 40.1 Å². The molecule has 0 amide bonds. The van der Waals surface area contributed by atoms with Gasteiger partial charge in [-0.15, -0.1) is 0 Å². The van der Waals surface area contributed by atoms with Crippen molar-refractivity contribution in [2.75, 3.05) is 26.2 Å². The predicted molar refractivity (Wildman–Crippen MR) is 110 cm³/mol. The summed E-state index contributed by atoms with van der Waals surface area (Å²) in [5.74, 6) is -1.48. The van der Waals surface area contributed by atoms with Crippen molar-refractivity contribution in [2.24, 2.45) is 0 Å². The highest BCUT2D eigenvalue weighted by Gasteiger charge is 2.20. The summed E-state index contributed by atoms with van der Waals surface area (Å²) < 4.78 is 11.3. The van der Waals surface area contributed by atoms with Crippen LogP contribution in [-0.2, 0) is 0 Å². The third-order valence-electron chi connectivity index (χ3n) is 5.23. The number of phenols is 3. The van der Waals surface area contributed by atoms with E-state index in [0.717, 1.165) is 32.1 Å². The summed E-state index contributed by atoms with van der Waals surface area (Å²) in [6.45, 7) is 3.54. The Morgan fingerprint density at radius 1 is 1.00 bits per heavy atom. The Kier molecular flexibility index (Phi) is 5.41. The van der Waals surface area contributed by atoms with Gasteiger partial charge in [0, 0.05) is 24.2 Å². The van der Waals surface area contributed by atoms with Gasteiger partial charge in [-0.05, 0) is 50.6 Å². The molecule has 0 spiro atoms. The second kappa shape index (κ2) is 8.16. The van der Waals surface area contributed by atoms with Gasteiger partial charge in [-0.3, -0.25) is 4.79 Å². The topological polar surface area (TPSA) is 124 Å². The first-order valence-electron chi connectivity index (χ1n) is 9.84. The van der Waals surface area contributed by atoms with E-state index in [1.54, 1.807) is 0 Å². The smallest absolute Gasteiger partial charge is 0.238 e. The van der Waals surface area contributed by atoms with Crippen LogP contribution in [0.3, 0.4) is 0 Å². The average Bonchev–Trinajstić information content (AvgIpc) is 3.22. The highest BCUT2D eigenvalue weighted by molar-refractivity contribution is 5.88. The molecule has 0 unspecified atom stereocenters. The van der Waals surface area contributed by atoms with Crippen LogP contribution in [0.25, 0.3) is 22.3 Å². The zero-order valence-corrected chi connectivity index (χ0v) is 16.3. The lowest BCUT2D eigenvalue weighted by molar-refractivity contribution is 0.256. The first kappa shape index (κ1) is 19.9. The Bertz CT molecular complexity index is 1130. The molecule has 0 atom stereocenters. The Labute approximate surface area is 172 Å². The molecular weight excluding hydrogens is 390 g/mol. The number of aromatic hydroxyl groups is 4. The molecule has 158 valence electrons. The van der Waals surface area contributed by atoms with Crippen LogP contribution in [0, 0.1) is 0 Å². The van der Waals surface area contributed by atoms with Gasteiger partial charge in [0.1, 0.15) is 22.5 Å². The minimum atomic E-state index is -0.829. The van der Waals surface area contributed by atoms with E-state index in [1.165, 1.54) is 37.1 Å². The zero-order chi connectivity index (χ0) is 21.3. The number of benzene rings is 2. The number of rotatable bonds is 6. The molecule has 2 heterocycles. The number of hydrogen-bond acceptors (Lipinski definition) is 8. The molecule has 0 aliphatic carbocycles. The van der Waals surface area contributed by atoms with Crippen molar-refractivity contribution >= 4 is 11.0 Å². The van der Waals surface area contributed by atoms with Crippen molar-refractivity contribution < 1.29 is 29.6 Å². The van der Waals surface area contributed by atoms with E-state index in [0.29, 0.717) is 12.2 Å². The van der Waals surface area contributed by atoms with Gasteiger partial charge in [-0.1, -0.05) is 0 Å². The lowest BCUT2D eigenvalue weighted by Gasteiger charge is -2.15. The molecule has 1 fully saturated rings. The molecule has 0 radical (unpaired) electrons. The number of ether oxygens (including phenoxy) is 1. The Morgan fingerprint density at radius 3 is 2.53 bits per heavy atom. The molecule has 4 rings (SSSR count). The van der Waals surface area contributed by atoms with Crippen molar-refractivity contribution in [3.05, 3.63) is 40.6 Å². The van der Waals surface area contributed by atoms with Gasteiger partial charge >= 0.3 is 0 Å². The molecule has 1 aliphatic rings. The van der Waals surface area contributed by atoms with Crippen LogP contribution in [0.2, 0.25) is 0 Å². The van der Waals surface area contributed by atoms with E-state index in [2.05, 4.69) is 4.90 Å². The van der Waals surface area contributed by atoms with Gasteiger partial charge in [0.25, 0.3) is 0 Å². The number of fused-ring (bicyclic) bond motifs is 1. The second-order valence-corrected chi connectivity index (χ2v) is 7.38. The van der Waals surface area contributed by atoms with E-state index >= 15 is 0 Å². The van der Waals surface area contributed by atoms with Gasteiger partial charge in [0.15, 0.2) is 17.3 Å². The Balaban J connectivity index is 1.61. The van der Waals surface area contributed by atoms with Crippen LogP contribution in [0.1, 0.15) is 19.3 Å². The maximum absolute atomic E-state index is 12.5. The third-order valence-corrected chi connectivity index (χ3v) is 5.23.